The fourth-order valence-electron chi connectivity index (χ4n) is 1.20. The summed E-state index contributed by atoms with van der Waals surface area (Å²) in [6.07, 6.45) is 3.17. The van der Waals surface area contributed by atoms with Crippen LogP contribution in [0.3, 0.4) is 0 Å². The SMILES string of the molecule is CCC(=O)NC(C)c1cnc(CC)[nH]1. The molecular formula is C10H17N3O. The van der Waals surface area contributed by atoms with Crippen molar-refractivity contribution in [3.63, 3.8) is 0 Å². The van der Waals surface area contributed by atoms with Crippen molar-refractivity contribution >= 4 is 5.91 Å². The lowest BCUT2D eigenvalue weighted by atomic mass is 10.2. The summed E-state index contributed by atoms with van der Waals surface area (Å²) >= 11 is 0. The number of amides is 1. The molecule has 0 spiro atoms. The number of carbonyl (C=O) groups excluding carboxylic acids is 1. The molecular weight excluding hydrogens is 178 g/mol. The third-order valence-electron chi connectivity index (χ3n) is 2.15. The average molecular weight is 195 g/mol. The van der Waals surface area contributed by atoms with E-state index in [1.807, 2.05) is 20.8 Å². The summed E-state index contributed by atoms with van der Waals surface area (Å²) in [7, 11) is 0. The first kappa shape index (κ1) is 10.8. The molecule has 1 aromatic heterocycles. The first-order valence-corrected chi connectivity index (χ1v) is 5.00. The number of aryl methyl sites for hydroxylation is 1. The predicted octanol–water partition coefficient (Wildman–Crippen LogP) is 1.56. The van der Waals surface area contributed by atoms with E-state index in [4.69, 9.17) is 0 Å². The molecule has 1 aromatic rings. The van der Waals surface area contributed by atoms with Crippen LogP contribution in [-0.4, -0.2) is 15.9 Å². The maximum Gasteiger partial charge on any atom is 0.220 e. The first-order valence-electron chi connectivity index (χ1n) is 5.00. The number of aromatic nitrogens is 2. The number of aromatic amines is 1. The summed E-state index contributed by atoms with van der Waals surface area (Å²) < 4.78 is 0. The molecule has 4 heteroatoms. The molecule has 1 heterocycles. The standard InChI is InChI=1S/C10H17N3O/c1-4-9-11-6-8(13-9)7(3)12-10(14)5-2/h6-7H,4-5H2,1-3H3,(H,11,13)(H,12,14). The molecule has 4 nitrogen and oxygen atoms in total. The number of nitrogens with zero attached hydrogens (tertiary/aromatic N) is 1. The molecule has 1 atom stereocenters. The molecule has 14 heavy (non-hydrogen) atoms. The Labute approximate surface area is 84.1 Å². The van der Waals surface area contributed by atoms with Gasteiger partial charge in [0.1, 0.15) is 5.82 Å². The van der Waals surface area contributed by atoms with Crippen LogP contribution in [0.4, 0.5) is 0 Å². The van der Waals surface area contributed by atoms with Crippen LogP contribution >= 0.6 is 0 Å². The number of H-pyrrole nitrogens is 1. The molecule has 0 aromatic carbocycles. The number of nitrogens with one attached hydrogen (secondary N) is 2. The summed E-state index contributed by atoms with van der Waals surface area (Å²) in [5, 5.41) is 2.87. The van der Waals surface area contributed by atoms with Crippen molar-refractivity contribution in [2.75, 3.05) is 0 Å². The number of imidazole rings is 1. The van der Waals surface area contributed by atoms with E-state index in [0.29, 0.717) is 6.42 Å². The minimum atomic E-state index is 0.00949. The van der Waals surface area contributed by atoms with Crippen LogP contribution in [-0.2, 0) is 11.2 Å². The number of hydrogen-bond donors (Lipinski definition) is 2. The van der Waals surface area contributed by atoms with E-state index < -0.39 is 0 Å². The highest BCUT2D eigenvalue weighted by Gasteiger charge is 2.09. The van der Waals surface area contributed by atoms with Gasteiger partial charge in [-0.2, -0.15) is 0 Å². The number of rotatable bonds is 4. The third-order valence-corrected chi connectivity index (χ3v) is 2.15. The smallest absolute Gasteiger partial charge is 0.220 e. The van der Waals surface area contributed by atoms with E-state index >= 15 is 0 Å². The monoisotopic (exact) mass is 195 g/mol. The van der Waals surface area contributed by atoms with E-state index in [1.54, 1.807) is 6.20 Å². The second kappa shape index (κ2) is 4.79. The van der Waals surface area contributed by atoms with Crippen LogP contribution in [0.1, 0.15) is 44.8 Å². The van der Waals surface area contributed by atoms with Crippen molar-refractivity contribution in [2.45, 2.75) is 39.7 Å². The van der Waals surface area contributed by atoms with E-state index in [-0.39, 0.29) is 11.9 Å². The van der Waals surface area contributed by atoms with E-state index in [9.17, 15) is 4.79 Å². The number of carbonyl (C=O) groups is 1. The third kappa shape index (κ3) is 2.58. The van der Waals surface area contributed by atoms with Gasteiger partial charge >= 0.3 is 0 Å². The summed E-state index contributed by atoms with van der Waals surface area (Å²) in [5.41, 5.74) is 0.962. The Morgan fingerprint density at radius 3 is 2.86 bits per heavy atom. The fraction of sp³-hybridized carbons (Fsp3) is 0.600. The summed E-state index contributed by atoms with van der Waals surface area (Å²) in [6, 6.07) is 0.00949. The van der Waals surface area contributed by atoms with Crippen molar-refractivity contribution in [3.05, 3.63) is 17.7 Å². The van der Waals surface area contributed by atoms with Crippen molar-refractivity contribution in [2.24, 2.45) is 0 Å². The molecule has 0 saturated carbocycles. The van der Waals surface area contributed by atoms with Gasteiger partial charge in [0.05, 0.1) is 17.9 Å². The first-order chi connectivity index (χ1) is 6.67. The maximum absolute atomic E-state index is 11.1. The molecule has 0 aliphatic heterocycles. The van der Waals surface area contributed by atoms with Gasteiger partial charge in [-0.25, -0.2) is 4.98 Å². The van der Waals surface area contributed by atoms with Gasteiger partial charge in [0.25, 0.3) is 0 Å². The molecule has 0 radical (unpaired) electrons. The van der Waals surface area contributed by atoms with Crippen LogP contribution in [0.25, 0.3) is 0 Å². The van der Waals surface area contributed by atoms with Crippen LogP contribution < -0.4 is 5.32 Å². The second-order valence-electron chi connectivity index (χ2n) is 3.28. The zero-order valence-electron chi connectivity index (χ0n) is 8.92. The summed E-state index contributed by atoms with van der Waals surface area (Å²) in [6.45, 7) is 5.82. The topological polar surface area (TPSA) is 57.8 Å². The molecule has 1 amide bonds. The quantitative estimate of drug-likeness (QED) is 0.766. The normalized spacial score (nSPS) is 12.5. The lowest BCUT2D eigenvalue weighted by molar-refractivity contribution is -0.121. The van der Waals surface area contributed by atoms with Gasteiger partial charge in [-0.3, -0.25) is 4.79 Å². The van der Waals surface area contributed by atoms with Crippen LogP contribution in [0.15, 0.2) is 6.20 Å². The van der Waals surface area contributed by atoms with Gasteiger partial charge in [0.2, 0.25) is 5.91 Å². The van der Waals surface area contributed by atoms with Crippen molar-refractivity contribution in [1.29, 1.82) is 0 Å². The number of hydrogen-bond acceptors (Lipinski definition) is 2. The Kier molecular flexibility index (Phi) is 3.68. The molecule has 1 rings (SSSR count). The summed E-state index contributed by atoms with van der Waals surface area (Å²) in [4.78, 5) is 18.5. The molecule has 78 valence electrons. The van der Waals surface area contributed by atoms with E-state index in [2.05, 4.69) is 15.3 Å². The van der Waals surface area contributed by atoms with Crippen molar-refractivity contribution < 1.29 is 4.79 Å². The molecule has 0 saturated heterocycles. The highest BCUT2D eigenvalue weighted by atomic mass is 16.1. The van der Waals surface area contributed by atoms with Crippen LogP contribution in [0.2, 0.25) is 0 Å². The van der Waals surface area contributed by atoms with Gasteiger partial charge in [-0.15, -0.1) is 0 Å². The zero-order valence-corrected chi connectivity index (χ0v) is 8.92. The minimum Gasteiger partial charge on any atom is -0.348 e. The van der Waals surface area contributed by atoms with E-state index in [0.717, 1.165) is 17.9 Å². The highest BCUT2D eigenvalue weighted by Crippen LogP contribution is 2.09. The molecule has 0 fully saturated rings. The lowest BCUT2D eigenvalue weighted by Crippen LogP contribution is -2.25. The Morgan fingerprint density at radius 2 is 2.36 bits per heavy atom. The molecule has 1 unspecified atom stereocenters. The van der Waals surface area contributed by atoms with Gasteiger partial charge in [0.15, 0.2) is 0 Å². The molecule has 2 N–H and O–H groups in total. The van der Waals surface area contributed by atoms with Crippen molar-refractivity contribution in [3.8, 4) is 0 Å². The molecule has 0 aliphatic carbocycles. The fourth-order valence-corrected chi connectivity index (χ4v) is 1.20. The zero-order chi connectivity index (χ0) is 10.6. The van der Waals surface area contributed by atoms with Gasteiger partial charge in [-0.05, 0) is 6.92 Å². The van der Waals surface area contributed by atoms with Crippen LogP contribution in [0, 0.1) is 0 Å². The second-order valence-corrected chi connectivity index (χ2v) is 3.28. The Hall–Kier alpha value is -1.32. The van der Waals surface area contributed by atoms with Gasteiger partial charge < -0.3 is 10.3 Å². The Bertz CT molecular complexity index is 306. The minimum absolute atomic E-state index is 0.00949. The highest BCUT2D eigenvalue weighted by molar-refractivity contribution is 5.75. The Balaban J connectivity index is 2.60. The largest absolute Gasteiger partial charge is 0.348 e. The maximum atomic E-state index is 11.1. The molecule has 0 bridgehead atoms. The van der Waals surface area contributed by atoms with Gasteiger partial charge in [-0.1, -0.05) is 13.8 Å². The lowest BCUT2D eigenvalue weighted by Gasteiger charge is -2.10. The summed E-state index contributed by atoms with van der Waals surface area (Å²) in [5.74, 6) is 1.02. The van der Waals surface area contributed by atoms with Crippen molar-refractivity contribution in [1.82, 2.24) is 15.3 Å². The van der Waals surface area contributed by atoms with E-state index in [1.165, 1.54) is 0 Å². The molecule has 0 aliphatic rings. The average Bonchev–Trinajstić information content (AvgIpc) is 2.65. The van der Waals surface area contributed by atoms with Gasteiger partial charge in [0, 0.05) is 12.8 Å². The Morgan fingerprint density at radius 1 is 1.64 bits per heavy atom. The van der Waals surface area contributed by atoms with Crippen LogP contribution in [0.5, 0.6) is 0 Å². The predicted molar refractivity (Wildman–Crippen MR) is 54.8 cm³/mol.